The molecule has 0 amide bonds. The Bertz CT molecular complexity index is 280. The van der Waals surface area contributed by atoms with E-state index in [1.54, 1.807) is 11.3 Å². The average molecular weight is 216 g/mol. The zero-order chi connectivity index (χ0) is 9.26. The van der Waals surface area contributed by atoms with Crippen molar-refractivity contribution in [3.05, 3.63) is 21.3 Å². The van der Waals surface area contributed by atoms with Crippen LogP contribution in [0.15, 0.2) is 12.1 Å². The molecule has 1 fully saturated rings. The summed E-state index contributed by atoms with van der Waals surface area (Å²) < 4.78 is 0.886. The molecule has 0 spiro atoms. The molecule has 0 bridgehead atoms. The maximum absolute atomic E-state index is 5.88. The van der Waals surface area contributed by atoms with Crippen LogP contribution in [0.4, 0.5) is 0 Å². The molecule has 3 heteroatoms. The average Bonchev–Trinajstić information content (AvgIpc) is 2.44. The number of nitrogens with one attached hydrogen (secondary N) is 1. The highest BCUT2D eigenvalue weighted by molar-refractivity contribution is 7.16. The summed E-state index contributed by atoms with van der Waals surface area (Å²) in [6.07, 6.45) is 4.06. The molecule has 1 nitrogen and oxygen atoms in total. The van der Waals surface area contributed by atoms with Crippen molar-refractivity contribution in [2.45, 2.75) is 38.3 Å². The minimum Gasteiger partial charge on any atom is -0.307 e. The van der Waals surface area contributed by atoms with Crippen LogP contribution in [-0.4, -0.2) is 6.04 Å². The molecule has 1 N–H and O–H groups in total. The lowest BCUT2D eigenvalue weighted by molar-refractivity contribution is 0.315. The summed E-state index contributed by atoms with van der Waals surface area (Å²) in [5.41, 5.74) is 0. The molecule has 0 radical (unpaired) electrons. The van der Waals surface area contributed by atoms with E-state index in [2.05, 4.69) is 18.3 Å². The Morgan fingerprint density at radius 2 is 2.31 bits per heavy atom. The van der Waals surface area contributed by atoms with Crippen molar-refractivity contribution in [1.29, 1.82) is 0 Å². The van der Waals surface area contributed by atoms with Gasteiger partial charge in [0.05, 0.1) is 4.34 Å². The van der Waals surface area contributed by atoms with E-state index < -0.39 is 0 Å². The zero-order valence-corrected chi connectivity index (χ0v) is 9.29. The van der Waals surface area contributed by atoms with E-state index in [-0.39, 0.29) is 0 Å². The van der Waals surface area contributed by atoms with Gasteiger partial charge in [-0.2, -0.15) is 0 Å². The smallest absolute Gasteiger partial charge is 0.0931 e. The molecule has 0 saturated heterocycles. The SMILES string of the molecule is C[C@@H](NC1CCC1)c1ccc(Cl)s1. The van der Waals surface area contributed by atoms with Gasteiger partial charge in [-0.1, -0.05) is 18.0 Å². The first-order chi connectivity index (χ1) is 6.25. The summed E-state index contributed by atoms with van der Waals surface area (Å²) in [5, 5.41) is 3.60. The van der Waals surface area contributed by atoms with Crippen LogP contribution in [0.25, 0.3) is 0 Å². The quantitative estimate of drug-likeness (QED) is 0.813. The largest absolute Gasteiger partial charge is 0.307 e. The minimum absolute atomic E-state index is 0.461. The molecule has 1 saturated carbocycles. The van der Waals surface area contributed by atoms with Crippen LogP contribution in [0, 0.1) is 0 Å². The Hall–Kier alpha value is -0.0500. The highest BCUT2D eigenvalue weighted by atomic mass is 35.5. The fraction of sp³-hybridized carbons (Fsp3) is 0.600. The third-order valence-electron chi connectivity index (χ3n) is 2.61. The molecule has 0 aromatic carbocycles. The zero-order valence-electron chi connectivity index (χ0n) is 7.72. The first-order valence-electron chi connectivity index (χ1n) is 4.77. The molecular weight excluding hydrogens is 202 g/mol. The van der Waals surface area contributed by atoms with Crippen LogP contribution in [-0.2, 0) is 0 Å². The standard InChI is InChI=1S/C10H14ClNS/c1-7(12-8-3-2-4-8)9-5-6-10(11)13-9/h5-8,12H,2-4H2,1H3/t7-/m1/s1. The summed E-state index contributed by atoms with van der Waals surface area (Å²) in [6, 6.07) is 5.29. The van der Waals surface area contributed by atoms with Crippen LogP contribution >= 0.6 is 22.9 Å². The summed E-state index contributed by atoms with van der Waals surface area (Å²) in [4.78, 5) is 1.34. The van der Waals surface area contributed by atoms with Crippen molar-refractivity contribution < 1.29 is 0 Å². The van der Waals surface area contributed by atoms with Gasteiger partial charge in [0.2, 0.25) is 0 Å². The van der Waals surface area contributed by atoms with Crippen LogP contribution < -0.4 is 5.32 Å². The highest BCUT2D eigenvalue weighted by Crippen LogP contribution is 2.29. The van der Waals surface area contributed by atoms with E-state index in [1.807, 2.05) is 6.07 Å². The van der Waals surface area contributed by atoms with Crippen molar-refractivity contribution in [2.75, 3.05) is 0 Å². The monoisotopic (exact) mass is 215 g/mol. The molecule has 1 heterocycles. The Kier molecular flexibility index (Phi) is 2.92. The summed E-state index contributed by atoms with van der Waals surface area (Å²) in [7, 11) is 0. The van der Waals surface area contributed by atoms with Gasteiger partial charge < -0.3 is 5.32 Å². The second-order valence-electron chi connectivity index (χ2n) is 3.66. The molecule has 13 heavy (non-hydrogen) atoms. The molecule has 0 unspecified atom stereocenters. The maximum Gasteiger partial charge on any atom is 0.0931 e. The third kappa shape index (κ3) is 2.25. The van der Waals surface area contributed by atoms with Gasteiger partial charge in [-0.05, 0) is 31.9 Å². The Morgan fingerprint density at radius 3 is 2.77 bits per heavy atom. The fourth-order valence-corrected chi connectivity index (χ4v) is 2.64. The van der Waals surface area contributed by atoms with Crippen molar-refractivity contribution in [3.63, 3.8) is 0 Å². The first-order valence-corrected chi connectivity index (χ1v) is 5.96. The van der Waals surface area contributed by atoms with E-state index in [9.17, 15) is 0 Å². The van der Waals surface area contributed by atoms with Crippen molar-refractivity contribution >= 4 is 22.9 Å². The van der Waals surface area contributed by atoms with E-state index in [1.165, 1.54) is 24.1 Å². The fourth-order valence-electron chi connectivity index (χ4n) is 1.57. The molecule has 1 aliphatic carbocycles. The van der Waals surface area contributed by atoms with Crippen LogP contribution in [0.5, 0.6) is 0 Å². The van der Waals surface area contributed by atoms with E-state index in [4.69, 9.17) is 11.6 Å². The predicted molar refractivity (Wildman–Crippen MR) is 58.5 cm³/mol. The van der Waals surface area contributed by atoms with Gasteiger partial charge in [-0.15, -0.1) is 11.3 Å². The van der Waals surface area contributed by atoms with Crippen molar-refractivity contribution in [2.24, 2.45) is 0 Å². The number of hydrogen-bond acceptors (Lipinski definition) is 2. The van der Waals surface area contributed by atoms with Gasteiger partial charge in [-0.3, -0.25) is 0 Å². The lowest BCUT2D eigenvalue weighted by Gasteiger charge is -2.29. The number of rotatable bonds is 3. The van der Waals surface area contributed by atoms with Crippen LogP contribution in [0.1, 0.15) is 37.1 Å². The third-order valence-corrected chi connectivity index (χ3v) is 4.03. The number of thiophene rings is 1. The maximum atomic E-state index is 5.88. The molecule has 1 aromatic rings. The second-order valence-corrected chi connectivity index (χ2v) is 5.40. The first kappa shape index (κ1) is 9.50. The van der Waals surface area contributed by atoms with Gasteiger partial charge >= 0.3 is 0 Å². The van der Waals surface area contributed by atoms with Crippen molar-refractivity contribution in [1.82, 2.24) is 5.32 Å². The Balaban J connectivity index is 1.92. The normalized spacial score (nSPS) is 19.8. The lowest BCUT2D eigenvalue weighted by atomic mass is 9.92. The topological polar surface area (TPSA) is 12.0 Å². The molecule has 1 aliphatic rings. The van der Waals surface area contributed by atoms with Gasteiger partial charge in [-0.25, -0.2) is 0 Å². The van der Waals surface area contributed by atoms with E-state index >= 15 is 0 Å². The molecule has 1 aromatic heterocycles. The number of halogens is 1. The second kappa shape index (κ2) is 3.99. The number of hydrogen-bond donors (Lipinski definition) is 1. The van der Waals surface area contributed by atoms with Gasteiger partial charge in [0.25, 0.3) is 0 Å². The lowest BCUT2D eigenvalue weighted by Crippen LogP contribution is -2.36. The highest BCUT2D eigenvalue weighted by Gasteiger charge is 2.20. The van der Waals surface area contributed by atoms with Crippen LogP contribution in [0.2, 0.25) is 4.34 Å². The Labute approximate surface area is 88.1 Å². The summed E-state index contributed by atoms with van der Waals surface area (Å²) in [6.45, 7) is 2.21. The van der Waals surface area contributed by atoms with Crippen LogP contribution in [0.3, 0.4) is 0 Å². The summed E-state index contributed by atoms with van der Waals surface area (Å²) in [5.74, 6) is 0. The van der Waals surface area contributed by atoms with Gasteiger partial charge in [0.15, 0.2) is 0 Å². The molecule has 72 valence electrons. The molecule has 0 aliphatic heterocycles. The molecule has 2 rings (SSSR count). The Morgan fingerprint density at radius 1 is 1.54 bits per heavy atom. The minimum atomic E-state index is 0.461. The predicted octanol–water partition coefficient (Wildman–Crippen LogP) is 3.60. The van der Waals surface area contributed by atoms with E-state index in [0.717, 1.165) is 10.4 Å². The summed E-state index contributed by atoms with van der Waals surface area (Å²) >= 11 is 7.55. The van der Waals surface area contributed by atoms with Gasteiger partial charge in [0.1, 0.15) is 0 Å². The molecular formula is C10H14ClNS. The van der Waals surface area contributed by atoms with Gasteiger partial charge in [0, 0.05) is 17.0 Å². The van der Waals surface area contributed by atoms with Crippen molar-refractivity contribution in [3.8, 4) is 0 Å². The molecule has 1 atom stereocenters. The van der Waals surface area contributed by atoms with E-state index in [0.29, 0.717) is 6.04 Å².